The van der Waals surface area contributed by atoms with Gasteiger partial charge >= 0.3 is 0 Å². The molecule has 0 unspecified atom stereocenters. The molecule has 0 atom stereocenters. The van der Waals surface area contributed by atoms with E-state index in [2.05, 4.69) is 9.97 Å². The molecule has 3 heterocycles. The molecular weight excluding hydrogens is 360 g/mol. The number of carbonyl (C=O) groups excluding carboxylic acids is 2. The molecule has 27 heavy (non-hydrogen) atoms. The first-order valence-corrected chi connectivity index (χ1v) is 9.19. The number of carbonyl (C=O) groups is 2. The van der Waals surface area contributed by atoms with Crippen LogP contribution in [0.4, 0.5) is 5.69 Å². The number of benzene rings is 1. The van der Waals surface area contributed by atoms with E-state index in [1.54, 1.807) is 34.9 Å². The van der Waals surface area contributed by atoms with Crippen LogP contribution in [0.3, 0.4) is 0 Å². The number of anilines is 1. The molecule has 134 valence electrons. The summed E-state index contributed by atoms with van der Waals surface area (Å²) in [5, 5.41) is 1.86. The monoisotopic (exact) mass is 376 g/mol. The van der Waals surface area contributed by atoms with E-state index >= 15 is 0 Å². The van der Waals surface area contributed by atoms with E-state index in [0.717, 1.165) is 16.9 Å². The summed E-state index contributed by atoms with van der Waals surface area (Å²) in [6.45, 7) is 1.52. The van der Waals surface area contributed by atoms with Crippen LogP contribution in [0.15, 0.2) is 60.4 Å². The van der Waals surface area contributed by atoms with Gasteiger partial charge in [0.25, 0.3) is 0 Å². The maximum Gasteiger partial charge on any atom is 0.225 e. The number of amides is 1. The second-order valence-corrected chi connectivity index (χ2v) is 7.00. The van der Waals surface area contributed by atoms with E-state index in [-0.39, 0.29) is 11.7 Å². The van der Waals surface area contributed by atoms with Crippen LogP contribution in [0.5, 0.6) is 0 Å². The van der Waals surface area contributed by atoms with Gasteiger partial charge in [0.2, 0.25) is 11.7 Å². The lowest BCUT2D eigenvalue weighted by molar-refractivity contribution is -0.116. The lowest BCUT2D eigenvalue weighted by atomic mass is 10.1. The van der Waals surface area contributed by atoms with Gasteiger partial charge < -0.3 is 4.90 Å². The van der Waals surface area contributed by atoms with Crippen molar-refractivity contribution in [2.75, 3.05) is 11.9 Å². The number of thiophene rings is 1. The molecule has 3 aromatic heterocycles. The van der Waals surface area contributed by atoms with Crippen molar-refractivity contribution >= 4 is 34.4 Å². The summed E-state index contributed by atoms with van der Waals surface area (Å²) in [7, 11) is 1.73. The van der Waals surface area contributed by atoms with Crippen molar-refractivity contribution in [2.24, 2.45) is 0 Å². The molecule has 6 nitrogen and oxygen atoms in total. The van der Waals surface area contributed by atoms with E-state index in [0.29, 0.717) is 16.2 Å². The molecule has 0 fully saturated rings. The number of hydrogen-bond acceptors (Lipinski definition) is 5. The lowest BCUT2D eigenvalue weighted by Gasteiger charge is -2.16. The Morgan fingerprint density at radius 1 is 1.11 bits per heavy atom. The maximum absolute atomic E-state index is 12.7. The van der Waals surface area contributed by atoms with Crippen LogP contribution in [0, 0.1) is 0 Å². The van der Waals surface area contributed by atoms with E-state index in [9.17, 15) is 9.59 Å². The molecule has 0 N–H and O–H groups in total. The van der Waals surface area contributed by atoms with E-state index in [1.807, 2.05) is 41.8 Å². The van der Waals surface area contributed by atoms with Crippen LogP contribution < -0.4 is 4.90 Å². The third-order valence-corrected chi connectivity index (χ3v) is 5.26. The summed E-state index contributed by atoms with van der Waals surface area (Å²) >= 11 is 1.38. The Kier molecular flexibility index (Phi) is 4.29. The number of aromatic nitrogens is 3. The van der Waals surface area contributed by atoms with E-state index in [4.69, 9.17) is 0 Å². The average molecular weight is 376 g/mol. The number of hydrogen-bond donors (Lipinski definition) is 0. The zero-order valence-corrected chi connectivity index (χ0v) is 15.6. The molecule has 1 amide bonds. The fourth-order valence-corrected chi connectivity index (χ4v) is 3.54. The van der Waals surface area contributed by atoms with Gasteiger partial charge in [-0.3, -0.25) is 14.0 Å². The number of rotatable bonds is 4. The van der Waals surface area contributed by atoms with Crippen LogP contribution in [0.2, 0.25) is 0 Å². The van der Waals surface area contributed by atoms with Crippen LogP contribution in [0.1, 0.15) is 22.3 Å². The summed E-state index contributed by atoms with van der Waals surface area (Å²) in [4.78, 5) is 35.3. The van der Waals surface area contributed by atoms with Gasteiger partial charge in [0.15, 0.2) is 11.3 Å². The molecule has 0 saturated carbocycles. The van der Waals surface area contributed by atoms with Gasteiger partial charge in [-0.1, -0.05) is 18.2 Å². The van der Waals surface area contributed by atoms with Crippen LogP contribution in [-0.2, 0) is 4.79 Å². The number of imidazole rings is 1. The van der Waals surface area contributed by atoms with Gasteiger partial charge in [-0.25, -0.2) is 9.97 Å². The molecule has 0 spiro atoms. The minimum Gasteiger partial charge on any atom is -0.316 e. The fraction of sp³-hybridized carbons (Fsp3) is 0.100. The van der Waals surface area contributed by atoms with Crippen LogP contribution in [0.25, 0.3) is 16.9 Å². The first-order valence-electron chi connectivity index (χ1n) is 8.31. The standard InChI is InChI=1S/C20H16N4O2S/c1-13(25)23(2)15-6-3-5-14(11-15)16-8-9-21-20-18(22-12-24(16)20)19(26)17-7-4-10-27-17/h3-12H,1-2H3. The number of nitrogens with zero attached hydrogens (tertiary/aromatic N) is 4. The van der Waals surface area contributed by atoms with Gasteiger partial charge in [0.05, 0.1) is 10.6 Å². The summed E-state index contributed by atoms with van der Waals surface area (Å²) in [5.41, 5.74) is 3.38. The molecule has 4 rings (SSSR count). The van der Waals surface area contributed by atoms with Gasteiger partial charge in [-0.2, -0.15) is 0 Å². The van der Waals surface area contributed by atoms with Gasteiger partial charge in [-0.15, -0.1) is 11.3 Å². The Morgan fingerprint density at radius 2 is 1.96 bits per heavy atom. The van der Waals surface area contributed by atoms with E-state index in [1.165, 1.54) is 18.3 Å². The topological polar surface area (TPSA) is 67.6 Å². The molecule has 0 aliphatic carbocycles. The normalized spacial score (nSPS) is 10.9. The highest BCUT2D eigenvalue weighted by Crippen LogP contribution is 2.26. The summed E-state index contributed by atoms with van der Waals surface area (Å²) in [5.74, 6) is -0.180. The second kappa shape index (κ2) is 6.77. The molecule has 0 saturated heterocycles. The molecule has 0 bridgehead atoms. The fourth-order valence-electron chi connectivity index (χ4n) is 2.88. The molecule has 0 aliphatic heterocycles. The van der Waals surface area contributed by atoms with Crippen molar-refractivity contribution in [3.63, 3.8) is 0 Å². The Hall–Kier alpha value is -3.32. The molecule has 4 aromatic rings. The highest BCUT2D eigenvalue weighted by Gasteiger charge is 2.19. The Bertz CT molecular complexity index is 1150. The predicted molar refractivity (Wildman–Crippen MR) is 105 cm³/mol. The molecule has 0 aliphatic rings. The van der Waals surface area contributed by atoms with E-state index < -0.39 is 0 Å². The second-order valence-electron chi connectivity index (χ2n) is 6.05. The Labute approximate surface area is 159 Å². The molecule has 0 radical (unpaired) electrons. The van der Waals surface area contributed by atoms with Crippen LogP contribution >= 0.6 is 11.3 Å². The van der Waals surface area contributed by atoms with Crippen molar-refractivity contribution in [3.05, 3.63) is 70.9 Å². The van der Waals surface area contributed by atoms with Crippen molar-refractivity contribution in [1.82, 2.24) is 14.4 Å². The van der Waals surface area contributed by atoms with Crippen molar-refractivity contribution in [2.45, 2.75) is 6.92 Å². The van der Waals surface area contributed by atoms with Gasteiger partial charge in [-0.05, 0) is 29.6 Å². The lowest BCUT2D eigenvalue weighted by Crippen LogP contribution is -2.22. The zero-order chi connectivity index (χ0) is 19.0. The number of fused-ring (bicyclic) bond motifs is 1. The first kappa shape index (κ1) is 17.1. The quantitative estimate of drug-likeness (QED) is 0.510. The zero-order valence-electron chi connectivity index (χ0n) is 14.8. The summed E-state index contributed by atoms with van der Waals surface area (Å²) in [6.07, 6.45) is 3.28. The molecular formula is C20H16N4O2S. The van der Waals surface area contributed by atoms with Crippen molar-refractivity contribution in [1.29, 1.82) is 0 Å². The van der Waals surface area contributed by atoms with Crippen molar-refractivity contribution < 1.29 is 9.59 Å². The molecule has 1 aromatic carbocycles. The van der Waals surface area contributed by atoms with Gasteiger partial charge in [0.1, 0.15) is 6.33 Å². The highest BCUT2D eigenvalue weighted by molar-refractivity contribution is 7.12. The summed E-state index contributed by atoms with van der Waals surface area (Å²) in [6, 6.07) is 13.1. The summed E-state index contributed by atoms with van der Waals surface area (Å²) < 4.78 is 1.80. The predicted octanol–water partition coefficient (Wildman–Crippen LogP) is 3.67. The minimum atomic E-state index is -0.137. The Balaban J connectivity index is 1.82. The molecule has 7 heteroatoms. The number of ketones is 1. The smallest absolute Gasteiger partial charge is 0.225 e. The minimum absolute atomic E-state index is 0.0431. The van der Waals surface area contributed by atoms with Crippen molar-refractivity contribution in [3.8, 4) is 11.3 Å². The largest absolute Gasteiger partial charge is 0.316 e. The third kappa shape index (κ3) is 3.02. The van der Waals surface area contributed by atoms with Crippen LogP contribution in [-0.4, -0.2) is 33.1 Å². The van der Waals surface area contributed by atoms with Gasteiger partial charge in [0, 0.05) is 31.4 Å². The Morgan fingerprint density at radius 3 is 2.70 bits per heavy atom. The SMILES string of the molecule is CC(=O)N(C)c1cccc(-c2ccnc3c(C(=O)c4cccs4)ncn23)c1. The highest BCUT2D eigenvalue weighted by atomic mass is 32.1. The first-order chi connectivity index (χ1) is 13.1. The average Bonchev–Trinajstić information content (AvgIpc) is 3.36. The maximum atomic E-state index is 12.7. The third-order valence-electron chi connectivity index (χ3n) is 4.39.